The molecule has 1 aliphatic rings. The fourth-order valence-electron chi connectivity index (χ4n) is 2.61. The number of alkyl halides is 2. The molecule has 2 heterocycles. The lowest BCUT2D eigenvalue weighted by molar-refractivity contribution is -0.0385. The third kappa shape index (κ3) is 6.72. The predicted molar refractivity (Wildman–Crippen MR) is 93.8 cm³/mol. The van der Waals surface area contributed by atoms with Gasteiger partial charge in [-0.1, -0.05) is 6.92 Å². The summed E-state index contributed by atoms with van der Waals surface area (Å²) in [4.78, 5) is 8.89. The van der Waals surface area contributed by atoms with Crippen molar-refractivity contribution >= 4 is 5.82 Å². The first kappa shape index (κ1) is 19.8. The van der Waals surface area contributed by atoms with Crippen LogP contribution in [0.1, 0.15) is 6.92 Å². The minimum atomic E-state index is -2.90. The van der Waals surface area contributed by atoms with E-state index in [1.54, 1.807) is 20.1 Å². The van der Waals surface area contributed by atoms with E-state index in [-0.39, 0.29) is 6.54 Å². The van der Waals surface area contributed by atoms with Crippen molar-refractivity contribution in [3.05, 3.63) is 18.3 Å². The number of anilines is 1. The summed E-state index contributed by atoms with van der Waals surface area (Å²) < 4.78 is 37.4. The molecule has 2 rings (SSSR count). The van der Waals surface area contributed by atoms with Crippen LogP contribution >= 0.6 is 0 Å². The van der Waals surface area contributed by atoms with Gasteiger partial charge in [0.2, 0.25) is 0 Å². The normalized spacial score (nSPS) is 16.2. The molecule has 1 saturated heterocycles. The number of nitrogens with zero attached hydrogens (tertiary/aromatic N) is 3. The standard InChI is InChI=1S/C17H28F2N4O2/c1-3-20-13-17(18,19)14-25-15-4-5-16(21-12-15)23-8-6-22(7-9-23)10-11-24-2/h4-5,12,20H,3,6-11,13-14H2,1-2H3. The summed E-state index contributed by atoms with van der Waals surface area (Å²) in [5, 5.41) is 2.63. The highest BCUT2D eigenvalue weighted by atomic mass is 19.3. The van der Waals surface area contributed by atoms with Crippen molar-refractivity contribution in [1.29, 1.82) is 0 Å². The summed E-state index contributed by atoms with van der Waals surface area (Å²) in [6.45, 7) is 6.62. The van der Waals surface area contributed by atoms with Crippen molar-refractivity contribution in [3.63, 3.8) is 0 Å². The van der Waals surface area contributed by atoms with Gasteiger partial charge in [0, 0.05) is 39.8 Å². The van der Waals surface area contributed by atoms with E-state index in [9.17, 15) is 8.78 Å². The third-order valence-electron chi connectivity index (χ3n) is 4.11. The van der Waals surface area contributed by atoms with Gasteiger partial charge in [0.05, 0.1) is 19.3 Å². The number of methoxy groups -OCH3 is 1. The Hall–Kier alpha value is -1.51. The van der Waals surface area contributed by atoms with Crippen LogP contribution in [-0.2, 0) is 4.74 Å². The second-order valence-corrected chi connectivity index (χ2v) is 6.10. The first-order valence-corrected chi connectivity index (χ1v) is 8.67. The van der Waals surface area contributed by atoms with Gasteiger partial charge in [0.1, 0.15) is 11.6 Å². The number of halogens is 2. The van der Waals surface area contributed by atoms with Crippen LogP contribution in [0.4, 0.5) is 14.6 Å². The third-order valence-corrected chi connectivity index (χ3v) is 4.11. The topological polar surface area (TPSA) is 49.9 Å². The molecule has 0 radical (unpaired) electrons. The number of rotatable bonds is 10. The van der Waals surface area contributed by atoms with Crippen LogP contribution in [0.2, 0.25) is 0 Å². The van der Waals surface area contributed by atoms with E-state index in [1.165, 1.54) is 6.20 Å². The lowest BCUT2D eigenvalue weighted by atomic mass is 10.3. The molecule has 142 valence electrons. The van der Waals surface area contributed by atoms with Gasteiger partial charge in [-0.2, -0.15) is 0 Å². The smallest absolute Gasteiger partial charge is 0.293 e. The van der Waals surface area contributed by atoms with Crippen LogP contribution in [0.25, 0.3) is 0 Å². The largest absolute Gasteiger partial charge is 0.486 e. The number of piperazine rings is 1. The summed E-state index contributed by atoms with van der Waals surface area (Å²) in [6, 6.07) is 3.52. The van der Waals surface area contributed by atoms with Crippen LogP contribution in [-0.4, -0.2) is 81.9 Å². The van der Waals surface area contributed by atoms with E-state index in [0.717, 1.165) is 45.1 Å². The molecule has 1 fully saturated rings. The summed E-state index contributed by atoms with van der Waals surface area (Å²) in [6.07, 6.45) is 1.51. The van der Waals surface area contributed by atoms with E-state index in [0.29, 0.717) is 12.3 Å². The molecule has 0 spiro atoms. The number of nitrogens with one attached hydrogen (secondary N) is 1. The molecule has 0 amide bonds. The molecule has 6 nitrogen and oxygen atoms in total. The molecule has 1 aromatic heterocycles. The Morgan fingerprint density at radius 3 is 2.60 bits per heavy atom. The molecule has 0 aliphatic carbocycles. The summed E-state index contributed by atoms with van der Waals surface area (Å²) in [7, 11) is 1.71. The average Bonchev–Trinajstić information content (AvgIpc) is 2.64. The molecule has 1 aliphatic heterocycles. The molecule has 0 atom stereocenters. The molecule has 0 unspecified atom stereocenters. The number of pyridine rings is 1. The first-order valence-electron chi connectivity index (χ1n) is 8.67. The predicted octanol–water partition coefficient (Wildman–Crippen LogP) is 1.47. The van der Waals surface area contributed by atoms with E-state index in [2.05, 4.69) is 20.1 Å². The van der Waals surface area contributed by atoms with Crippen molar-refractivity contribution in [3.8, 4) is 5.75 Å². The molecule has 0 saturated carbocycles. The van der Waals surface area contributed by atoms with Crippen LogP contribution in [0.15, 0.2) is 18.3 Å². The monoisotopic (exact) mass is 358 g/mol. The van der Waals surface area contributed by atoms with Crippen molar-refractivity contribution < 1.29 is 18.3 Å². The second-order valence-electron chi connectivity index (χ2n) is 6.10. The molecule has 0 bridgehead atoms. The van der Waals surface area contributed by atoms with Gasteiger partial charge in [0.15, 0.2) is 6.61 Å². The molecule has 1 N–H and O–H groups in total. The van der Waals surface area contributed by atoms with Crippen molar-refractivity contribution in [1.82, 2.24) is 15.2 Å². The minimum Gasteiger partial charge on any atom is -0.486 e. The maximum atomic E-state index is 13.6. The van der Waals surface area contributed by atoms with E-state index < -0.39 is 12.5 Å². The van der Waals surface area contributed by atoms with Crippen LogP contribution < -0.4 is 15.0 Å². The van der Waals surface area contributed by atoms with Gasteiger partial charge >= 0.3 is 0 Å². The quantitative estimate of drug-likeness (QED) is 0.684. The molecular formula is C17H28F2N4O2. The molecular weight excluding hydrogens is 330 g/mol. The summed E-state index contributed by atoms with van der Waals surface area (Å²) in [5.41, 5.74) is 0. The Kier molecular flexibility index (Phi) is 7.80. The van der Waals surface area contributed by atoms with Crippen LogP contribution in [0, 0.1) is 0 Å². The Morgan fingerprint density at radius 1 is 1.24 bits per heavy atom. The number of hydrogen-bond donors (Lipinski definition) is 1. The fourth-order valence-corrected chi connectivity index (χ4v) is 2.61. The zero-order chi connectivity index (χ0) is 18.1. The van der Waals surface area contributed by atoms with Gasteiger partial charge in [-0.15, -0.1) is 0 Å². The van der Waals surface area contributed by atoms with Crippen molar-refractivity contribution in [2.24, 2.45) is 0 Å². The molecule has 8 heteroatoms. The highest BCUT2D eigenvalue weighted by Crippen LogP contribution is 2.20. The van der Waals surface area contributed by atoms with E-state index in [1.807, 2.05) is 6.07 Å². The SMILES string of the molecule is CCNCC(F)(F)COc1ccc(N2CCN(CCOC)CC2)nc1. The highest BCUT2D eigenvalue weighted by Gasteiger charge is 2.29. The number of hydrogen-bond acceptors (Lipinski definition) is 6. The Bertz CT molecular complexity index is 494. The van der Waals surface area contributed by atoms with Gasteiger partial charge in [-0.05, 0) is 18.7 Å². The lowest BCUT2D eigenvalue weighted by Crippen LogP contribution is -2.47. The molecule has 25 heavy (non-hydrogen) atoms. The lowest BCUT2D eigenvalue weighted by Gasteiger charge is -2.35. The zero-order valence-electron chi connectivity index (χ0n) is 15.0. The van der Waals surface area contributed by atoms with Crippen molar-refractivity contribution in [2.45, 2.75) is 12.8 Å². The first-order chi connectivity index (χ1) is 12.0. The van der Waals surface area contributed by atoms with Crippen LogP contribution in [0.3, 0.4) is 0 Å². The second kappa shape index (κ2) is 9.84. The fraction of sp³-hybridized carbons (Fsp3) is 0.706. The Morgan fingerprint density at radius 2 is 2.00 bits per heavy atom. The van der Waals surface area contributed by atoms with E-state index >= 15 is 0 Å². The maximum absolute atomic E-state index is 13.6. The molecule has 0 aromatic carbocycles. The van der Waals surface area contributed by atoms with Gasteiger partial charge in [-0.25, -0.2) is 13.8 Å². The van der Waals surface area contributed by atoms with Gasteiger partial charge in [-0.3, -0.25) is 4.90 Å². The van der Waals surface area contributed by atoms with Crippen molar-refractivity contribution in [2.75, 3.05) is 71.0 Å². The number of ether oxygens (including phenoxy) is 2. The Balaban J connectivity index is 1.78. The van der Waals surface area contributed by atoms with Gasteiger partial charge in [0.25, 0.3) is 5.92 Å². The maximum Gasteiger partial charge on any atom is 0.293 e. The Labute approximate surface area is 148 Å². The highest BCUT2D eigenvalue weighted by molar-refractivity contribution is 5.41. The minimum absolute atomic E-state index is 0.360. The number of aromatic nitrogens is 1. The average molecular weight is 358 g/mol. The molecule has 1 aromatic rings. The summed E-state index contributed by atoms with van der Waals surface area (Å²) >= 11 is 0. The van der Waals surface area contributed by atoms with Gasteiger partial charge < -0.3 is 19.7 Å². The van der Waals surface area contributed by atoms with E-state index in [4.69, 9.17) is 9.47 Å². The zero-order valence-corrected chi connectivity index (χ0v) is 15.0. The van der Waals surface area contributed by atoms with Crippen LogP contribution in [0.5, 0.6) is 5.75 Å². The summed E-state index contributed by atoms with van der Waals surface area (Å²) in [5.74, 6) is -1.69.